The molecule has 0 aliphatic carbocycles. The summed E-state index contributed by atoms with van der Waals surface area (Å²) in [6, 6.07) is 12.8. The quantitative estimate of drug-likeness (QED) is 0.501. The second kappa shape index (κ2) is 3.12. The third-order valence-corrected chi connectivity index (χ3v) is 4.89. The van der Waals surface area contributed by atoms with Gasteiger partial charge in [0.15, 0.2) is 0 Å². The summed E-state index contributed by atoms with van der Waals surface area (Å²) in [5.41, 5.74) is 0. The summed E-state index contributed by atoms with van der Waals surface area (Å²) in [4.78, 5) is 0. The Morgan fingerprint density at radius 3 is 2.71 bits per heavy atom. The normalized spacial score (nSPS) is 11.1. The van der Waals surface area contributed by atoms with Gasteiger partial charge in [0.2, 0.25) is 0 Å². The average Bonchev–Trinajstić information content (AvgIpc) is 2.59. The van der Waals surface area contributed by atoms with Crippen molar-refractivity contribution in [3.8, 4) is 0 Å². The van der Waals surface area contributed by atoms with E-state index < -0.39 is 0 Å². The number of fused-ring (bicyclic) bond motifs is 3. The van der Waals surface area contributed by atoms with Gasteiger partial charge in [0.1, 0.15) is 3.14 Å². The number of benzene rings is 2. The monoisotopic (exact) mass is 234 g/mol. The van der Waals surface area contributed by atoms with Crippen molar-refractivity contribution in [2.24, 2.45) is 0 Å². The molecule has 14 heavy (non-hydrogen) atoms. The molecule has 0 saturated carbocycles. The lowest BCUT2D eigenvalue weighted by Crippen LogP contribution is -1.69. The van der Waals surface area contributed by atoms with Gasteiger partial charge in [-0.25, -0.2) is 0 Å². The van der Waals surface area contributed by atoms with Gasteiger partial charge >= 0.3 is 0 Å². The minimum absolute atomic E-state index is 1.01. The second-order valence-electron chi connectivity index (χ2n) is 3.07. The van der Waals surface area contributed by atoms with Gasteiger partial charge in [-0.15, -0.1) is 22.7 Å². The standard InChI is InChI=1S/C11H6S3/c12-11-13-9-6-5-7-3-1-2-4-8(7)10(9)14-11/h1-6H. The van der Waals surface area contributed by atoms with Gasteiger partial charge in [0.05, 0.1) is 4.70 Å². The maximum atomic E-state index is 5.21. The van der Waals surface area contributed by atoms with Crippen molar-refractivity contribution in [3.63, 3.8) is 0 Å². The topological polar surface area (TPSA) is 0 Å². The maximum absolute atomic E-state index is 5.21. The lowest BCUT2D eigenvalue weighted by Gasteiger charge is -1.96. The molecule has 0 saturated heterocycles. The molecule has 3 rings (SSSR count). The molecule has 68 valence electrons. The minimum Gasteiger partial charge on any atom is -0.113 e. The van der Waals surface area contributed by atoms with Crippen LogP contribution in [0.2, 0.25) is 0 Å². The van der Waals surface area contributed by atoms with Crippen LogP contribution in [0.25, 0.3) is 20.2 Å². The van der Waals surface area contributed by atoms with Crippen molar-refractivity contribution >= 4 is 55.1 Å². The fraction of sp³-hybridized carbons (Fsp3) is 0. The van der Waals surface area contributed by atoms with E-state index in [1.807, 2.05) is 0 Å². The van der Waals surface area contributed by atoms with E-state index in [2.05, 4.69) is 36.4 Å². The highest BCUT2D eigenvalue weighted by Crippen LogP contribution is 2.33. The summed E-state index contributed by atoms with van der Waals surface area (Å²) in [7, 11) is 0. The first-order valence-electron chi connectivity index (χ1n) is 4.26. The zero-order chi connectivity index (χ0) is 9.54. The molecule has 3 heteroatoms. The van der Waals surface area contributed by atoms with Crippen LogP contribution in [-0.4, -0.2) is 0 Å². The Morgan fingerprint density at radius 2 is 1.79 bits per heavy atom. The third-order valence-electron chi connectivity index (χ3n) is 2.22. The van der Waals surface area contributed by atoms with Gasteiger partial charge in [0.25, 0.3) is 0 Å². The van der Waals surface area contributed by atoms with Crippen LogP contribution in [0.4, 0.5) is 0 Å². The Morgan fingerprint density at radius 1 is 0.929 bits per heavy atom. The molecule has 2 aromatic carbocycles. The Labute approximate surface area is 94.4 Å². The van der Waals surface area contributed by atoms with Crippen molar-refractivity contribution in [2.75, 3.05) is 0 Å². The van der Waals surface area contributed by atoms with Crippen LogP contribution in [0.3, 0.4) is 0 Å². The predicted molar refractivity (Wildman–Crippen MR) is 68.0 cm³/mol. The average molecular weight is 234 g/mol. The summed E-state index contributed by atoms with van der Waals surface area (Å²) < 4.78 is 3.65. The first-order chi connectivity index (χ1) is 6.84. The molecule has 0 atom stereocenters. The van der Waals surface area contributed by atoms with Crippen molar-refractivity contribution in [1.82, 2.24) is 0 Å². The molecule has 0 amide bonds. The van der Waals surface area contributed by atoms with Gasteiger partial charge in [0, 0.05) is 10.1 Å². The highest BCUT2D eigenvalue weighted by Gasteiger charge is 2.02. The molecule has 0 bridgehead atoms. The highest BCUT2D eigenvalue weighted by molar-refractivity contribution is 7.77. The third kappa shape index (κ3) is 1.21. The number of hydrogen-bond acceptors (Lipinski definition) is 3. The van der Waals surface area contributed by atoms with E-state index in [1.165, 1.54) is 20.2 Å². The molecule has 0 aliphatic heterocycles. The molecule has 0 spiro atoms. The van der Waals surface area contributed by atoms with E-state index >= 15 is 0 Å². The molecule has 3 aromatic rings. The van der Waals surface area contributed by atoms with Crippen LogP contribution < -0.4 is 0 Å². The first-order valence-corrected chi connectivity index (χ1v) is 6.30. The number of hydrogen-bond donors (Lipinski definition) is 0. The Bertz CT molecular complexity index is 661. The van der Waals surface area contributed by atoms with Gasteiger partial charge < -0.3 is 0 Å². The minimum atomic E-state index is 1.01. The van der Waals surface area contributed by atoms with Crippen LogP contribution >= 0.6 is 34.9 Å². The molecule has 1 heterocycles. The van der Waals surface area contributed by atoms with Crippen LogP contribution in [0.1, 0.15) is 0 Å². The molecule has 0 fully saturated rings. The Kier molecular flexibility index (Phi) is 1.90. The fourth-order valence-electron chi connectivity index (χ4n) is 1.60. The summed E-state index contributed by atoms with van der Waals surface area (Å²) in [6.07, 6.45) is 0. The molecule has 0 nitrogen and oxygen atoms in total. The smallest absolute Gasteiger partial charge is 0.113 e. The summed E-state index contributed by atoms with van der Waals surface area (Å²) in [5.74, 6) is 0. The zero-order valence-corrected chi connectivity index (χ0v) is 9.64. The van der Waals surface area contributed by atoms with Crippen LogP contribution in [0.5, 0.6) is 0 Å². The van der Waals surface area contributed by atoms with Crippen LogP contribution in [-0.2, 0) is 0 Å². The van der Waals surface area contributed by atoms with E-state index in [-0.39, 0.29) is 0 Å². The number of rotatable bonds is 0. The molecular weight excluding hydrogens is 228 g/mol. The molecule has 0 aliphatic rings. The van der Waals surface area contributed by atoms with Crippen molar-refractivity contribution in [2.45, 2.75) is 0 Å². The van der Waals surface area contributed by atoms with E-state index in [1.54, 1.807) is 22.7 Å². The summed E-state index contributed by atoms with van der Waals surface area (Å²) in [5, 5.41) is 2.62. The fourth-order valence-corrected chi connectivity index (χ4v) is 4.21. The van der Waals surface area contributed by atoms with Gasteiger partial charge in [-0.2, -0.15) is 0 Å². The van der Waals surface area contributed by atoms with E-state index in [0.29, 0.717) is 0 Å². The molecule has 0 unspecified atom stereocenters. The SMILES string of the molecule is S=c1sc2ccc3ccccc3c2s1. The van der Waals surface area contributed by atoms with Crippen LogP contribution in [0, 0.1) is 3.14 Å². The highest BCUT2D eigenvalue weighted by atomic mass is 32.2. The van der Waals surface area contributed by atoms with Gasteiger partial charge in [-0.3, -0.25) is 0 Å². The van der Waals surface area contributed by atoms with Crippen molar-refractivity contribution in [1.29, 1.82) is 0 Å². The lowest BCUT2D eigenvalue weighted by atomic mass is 10.1. The summed E-state index contributed by atoms with van der Waals surface area (Å²) >= 11 is 8.63. The van der Waals surface area contributed by atoms with Crippen molar-refractivity contribution in [3.05, 3.63) is 39.5 Å². The zero-order valence-electron chi connectivity index (χ0n) is 7.19. The van der Waals surface area contributed by atoms with E-state index in [0.717, 1.165) is 3.14 Å². The molecular formula is C11H6S3. The maximum Gasteiger partial charge on any atom is 0.144 e. The van der Waals surface area contributed by atoms with E-state index in [9.17, 15) is 0 Å². The largest absolute Gasteiger partial charge is 0.144 e. The lowest BCUT2D eigenvalue weighted by molar-refractivity contribution is 1.82. The van der Waals surface area contributed by atoms with Crippen molar-refractivity contribution < 1.29 is 0 Å². The van der Waals surface area contributed by atoms with Gasteiger partial charge in [-0.05, 0) is 11.5 Å². The summed E-state index contributed by atoms with van der Waals surface area (Å²) in [6.45, 7) is 0. The predicted octanol–water partition coefficient (Wildman–Crippen LogP) is 4.85. The Hall–Kier alpha value is -0.770. The second-order valence-corrected chi connectivity index (χ2v) is 6.32. The molecule has 1 aromatic heterocycles. The Balaban J connectivity index is 2.66. The van der Waals surface area contributed by atoms with E-state index in [4.69, 9.17) is 12.2 Å². The first kappa shape index (κ1) is 8.53. The molecule has 0 radical (unpaired) electrons. The molecule has 0 N–H and O–H groups in total. The van der Waals surface area contributed by atoms with Gasteiger partial charge in [-0.1, -0.05) is 42.5 Å². The van der Waals surface area contributed by atoms with Crippen LogP contribution in [0.15, 0.2) is 36.4 Å².